The molecule has 0 bridgehead atoms. The van der Waals surface area contributed by atoms with Crippen molar-refractivity contribution in [2.24, 2.45) is 0 Å². The van der Waals surface area contributed by atoms with Gasteiger partial charge in [-0.15, -0.1) is 0 Å². The van der Waals surface area contributed by atoms with Crippen LogP contribution in [0.25, 0.3) is 0 Å². The minimum atomic E-state index is -0.181. The Balaban J connectivity index is 1.75. The molecule has 0 atom stereocenters. The van der Waals surface area contributed by atoms with E-state index in [2.05, 4.69) is 31.3 Å². The third-order valence-corrected chi connectivity index (χ3v) is 3.67. The zero-order chi connectivity index (χ0) is 15.4. The van der Waals surface area contributed by atoms with Crippen LogP contribution in [0.4, 0.5) is 5.82 Å². The van der Waals surface area contributed by atoms with Crippen LogP contribution in [0, 0.1) is 0 Å². The summed E-state index contributed by atoms with van der Waals surface area (Å²) < 4.78 is 2.78. The molecule has 3 rings (SSSR count). The van der Waals surface area contributed by atoms with Crippen molar-refractivity contribution < 1.29 is 4.79 Å². The minimum Gasteiger partial charge on any atom is -0.307 e. The Morgan fingerprint density at radius 2 is 1.77 bits per heavy atom. The summed E-state index contributed by atoms with van der Waals surface area (Å²) >= 11 is 3.41. The van der Waals surface area contributed by atoms with Gasteiger partial charge >= 0.3 is 0 Å². The number of halogens is 1. The van der Waals surface area contributed by atoms with Gasteiger partial charge in [0.05, 0.1) is 12.7 Å². The van der Waals surface area contributed by atoms with Crippen LogP contribution >= 0.6 is 15.9 Å². The van der Waals surface area contributed by atoms with E-state index >= 15 is 0 Å². The number of rotatable bonds is 4. The Bertz CT molecular complexity index is 768. The van der Waals surface area contributed by atoms with E-state index in [1.807, 2.05) is 24.3 Å². The number of nitrogens with zero attached hydrogens (tertiary/aromatic N) is 3. The van der Waals surface area contributed by atoms with Gasteiger partial charge < -0.3 is 5.32 Å². The van der Waals surface area contributed by atoms with Gasteiger partial charge in [-0.05, 0) is 29.8 Å². The van der Waals surface area contributed by atoms with Crippen molar-refractivity contribution in [3.05, 3.63) is 76.7 Å². The van der Waals surface area contributed by atoms with E-state index in [0.29, 0.717) is 17.9 Å². The first-order valence-electron chi connectivity index (χ1n) is 6.70. The molecular weight excluding hydrogens is 344 g/mol. The molecule has 3 aromatic rings. The van der Waals surface area contributed by atoms with Crippen molar-refractivity contribution in [3.63, 3.8) is 0 Å². The zero-order valence-electron chi connectivity index (χ0n) is 11.6. The first-order valence-corrected chi connectivity index (χ1v) is 7.49. The molecule has 5 nitrogen and oxygen atoms in total. The Hall–Kier alpha value is -2.47. The largest absolute Gasteiger partial charge is 0.307 e. The number of benzene rings is 1. The number of hydrogen-bond donors (Lipinski definition) is 1. The Labute approximate surface area is 136 Å². The summed E-state index contributed by atoms with van der Waals surface area (Å²) in [6.45, 7) is 0.590. The number of aromatic nitrogens is 3. The predicted octanol–water partition coefficient (Wildman–Crippen LogP) is 3.34. The lowest BCUT2D eigenvalue weighted by molar-refractivity contribution is 0.102. The molecular formula is C16H13BrN4O. The number of anilines is 1. The van der Waals surface area contributed by atoms with Crippen LogP contribution in [0.15, 0.2) is 65.5 Å². The third-order valence-electron chi connectivity index (χ3n) is 3.15. The van der Waals surface area contributed by atoms with Crippen molar-refractivity contribution in [3.8, 4) is 0 Å². The van der Waals surface area contributed by atoms with E-state index in [4.69, 9.17) is 0 Å². The average Bonchev–Trinajstić information content (AvgIpc) is 2.97. The summed E-state index contributed by atoms with van der Waals surface area (Å²) in [6, 6.07) is 13.1. The maximum absolute atomic E-state index is 12.2. The summed E-state index contributed by atoms with van der Waals surface area (Å²) in [6.07, 6.45) is 4.85. The summed E-state index contributed by atoms with van der Waals surface area (Å²) in [4.78, 5) is 16.1. The monoisotopic (exact) mass is 356 g/mol. The standard InChI is InChI=1S/C16H13BrN4O/c17-14-3-1-12(2-4-14)11-21-15(7-10-19-21)20-16(22)13-5-8-18-9-6-13/h1-10H,11H2,(H,20,22). The summed E-state index contributed by atoms with van der Waals surface area (Å²) in [7, 11) is 0. The van der Waals surface area contributed by atoms with Gasteiger partial charge in [0.2, 0.25) is 0 Å². The van der Waals surface area contributed by atoms with Crippen LogP contribution in [0.1, 0.15) is 15.9 Å². The second-order valence-electron chi connectivity index (χ2n) is 4.69. The van der Waals surface area contributed by atoms with Gasteiger partial charge in [-0.25, -0.2) is 4.68 Å². The van der Waals surface area contributed by atoms with E-state index in [1.54, 1.807) is 41.5 Å². The zero-order valence-corrected chi connectivity index (χ0v) is 13.2. The second-order valence-corrected chi connectivity index (χ2v) is 5.61. The molecule has 0 saturated heterocycles. The maximum atomic E-state index is 12.2. The molecule has 1 amide bonds. The van der Waals surface area contributed by atoms with Gasteiger partial charge in [0, 0.05) is 28.5 Å². The lowest BCUT2D eigenvalue weighted by Crippen LogP contribution is -2.16. The van der Waals surface area contributed by atoms with Crippen molar-refractivity contribution in [2.45, 2.75) is 6.54 Å². The molecule has 0 saturated carbocycles. The van der Waals surface area contributed by atoms with Crippen molar-refractivity contribution in [1.29, 1.82) is 0 Å². The molecule has 22 heavy (non-hydrogen) atoms. The van der Waals surface area contributed by atoms with Gasteiger partial charge in [-0.1, -0.05) is 28.1 Å². The van der Waals surface area contributed by atoms with Crippen LogP contribution < -0.4 is 5.32 Å². The van der Waals surface area contributed by atoms with E-state index in [1.165, 1.54) is 0 Å². The van der Waals surface area contributed by atoms with E-state index in [9.17, 15) is 4.79 Å². The van der Waals surface area contributed by atoms with Gasteiger partial charge in [-0.2, -0.15) is 5.10 Å². The molecule has 0 unspecified atom stereocenters. The topological polar surface area (TPSA) is 59.8 Å². The molecule has 2 heterocycles. The van der Waals surface area contributed by atoms with E-state index < -0.39 is 0 Å². The smallest absolute Gasteiger partial charge is 0.256 e. The SMILES string of the molecule is O=C(Nc1ccnn1Cc1ccc(Br)cc1)c1ccncc1. The fourth-order valence-electron chi connectivity index (χ4n) is 2.02. The molecule has 1 N–H and O–H groups in total. The van der Waals surface area contributed by atoms with Crippen LogP contribution in [-0.4, -0.2) is 20.7 Å². The molecule has 0 spiro atoms. The highest BCUT2D eigenvalue weighted by molar-refractivity contribution is 9.10. The average molecular weight is 357 g/mol. The minimum absolute atomic E-state index is 0.181. The van der Waals surface area contributed by atoms with Crippen molar-refractivity contribution in [2.75, 3.05) is 5.32 Å². The van der Waals surface area contributed by atoms with Crippen LogP contribution in [0.5, 0.6) is 0 Å². The summed E-state index contributed by atoms with van der Waals surface area (Å²) in [5.41, 5.74) is 1.66. The van der Waals surface area contributed by atoms with Gasteiger partial charge in [0.25, 0.3) is 5.91 Å². The number of pyridine rings is 1. The maximum Gasteiger partial charge on any atom is 0.256 e. The third kappa shape index (κ3) is 3.40. The van der Waals surface area contributed by atoms with Crippen LogP contribution in [0.2, 0.25) is 0 Å². The van der Waals surface area contributed by atoms with Gasteiger partial charge in [0.1, 0.15) is 5.82 Å². The van der Waals surface area contributed by atoms with Crippen LogP contribution in [-0.2, 0) is 6.54 Å². The second kappa shape index (κ2) is 6.53. The number of nitrogens with one attached hydrogen (secondary N) is 1. The first kappa shape index (κ1) is 14.5. The molecule has 0 radical (unpaired) electrons. The van der Waals surface area contributed by atoms with Crippen molar-refractivity contribution >= 4 is 27.7 Å². The summed E-state index contributed by atoms with van der Waals surface area (Å²) in [5, 5.41) is 7.12. The van der Waals surface area contributed by atoms with Gasteiger partial charge in [-0.3, -0.25) is 9.78 Å². The first-order chi connectivity index (χ1) is 10.7. The molecule has 2 aromatic heterocycles. The van der Waals surface area contributed by atoms with Crippen molar-refractivity contribution in [1.82, 2.24) is 14.8 Å². The van der Waals surface area contributed by atoms with E-state index in [0.717, 1.165) is 10.0 Å². The number of carbonyl (C=O) groups excluding carboxylic acids is 1. The molecule has 1 aromatic carbocycles. The Morgan fingerprint density at radius 3 is 2.50 bits per heavy atom. The van der Waals surface area contributed by atoms with Crippen LogP contribution in [0.3, 0.4) is 0 Å². The number of amides is 1. The Morgan fingerprint density at radius 1 is 1.05 bits per heavy atom. The molecule has 6 heteroatoms. The number of carbonyl (C=O) groups is 1. The fraction of sp³-hybridized carbons (Fsp3) is 0.0625. The molecule has 0 aliphatic carbocycles. The molecule has 0 fully saturated rings. The molecule has 110 valence electrons. The summed E-state index contributed by atoms with van der Waals surface area (Å²) in [5.74, 6) is 0.477. The van der Waals surface area contributed by atoms with Gasteiger partial charge in [0.15, 0.2) is 0 Å². The normalized spacial score (nSPS) is 10.4. The fourth-order valence-corrected chi connectivity index (χ4v) is 2.28. The highest BCUT2D eigenvalue weighted by Crippen LogP contribution is 2.14. The highest BCUT2D eigenvalue weighted by Gasteiger charge is 2.09. The molecule has 0 aliphatic heterocycles. The highest BCUT2D eigenvalue weighted by atomic mass is 79.9. The lowest BCUT2D eigenvalue weighted by Gasteiger charge is -2.09. The predicted molar refractivity (Wildman–Crippen MR) is 87.7 cm³/mol. The van der Waals surface area contributed by atoms with E-state index in [-0.39, 0.29) is 5.91 Å². The number of hydrogen-bond acceptors (Lipinski definition) is 3. The lowest BCUT2D eigenvalue weighted by atomic mass is 10.2. The Kier molecular flexibility index (Phi) is 4.29. The quantitative estimate of drug-likeness (QED) is 0.779. The molecule has 0 aliphatic rings.